The highest BCUT2D eigenvalue weighted by Gasteiger charge is 2.15. The van der Waals surface area contributed by atoms with E-state index in [9.17, 15) is 0 Å². The van der Waals surface area contributed by atoms with Crippen molar-refractivity contribution in [1.82, 2.24) is 9.97 Å². The number of ether oxygens (including phenoxy) is 1. The number of aromatic nitrogens is 2. The number of hydrogen-bond acceptors (Lipinski definition) is 2. The summed E-state index contributed by atoms with van der Waals surface area (Å²) in [4.78, 5) is 7.56. The van der Waals surface area contributed by atoms with Crippen LogP contribution < -0.4 is 4.74 Å². The van der Waals surface area contributed by atoms with Crippen LogP contribution in [0, 0.1) is 0 Å². The van der Waals surface area contributed by atoms with Crippen LogP contribution in [0.4, 0.5) is 0 Å². The lowest BCUT2D eigenvalue weighted by Gasteiger charge is -2.18. The Labute approximate surface area is 125 Å². The van der Waals surface area contributed by atoms with Crippen LogP contribution in [-0.4, -0.2) is 17.1 Å². The molecule has 0 saturated carbocycles. The Bertz CT molecular complexity index is 781. The van der Waals surface area contributed by atoms with E-state index in [2.05, 4.69) is 55.0 Å². The molecule has 0 aliphatic carbocycles. The molecule has 0 bridgehead atoms. The number of aromatic amines is 1. The second-order valence-corrected chi connectivity index (χ2v) is 6.31. The standard InChI is InChI=1S/C18H20N2O/c1-18(2,3)13-5-6-15-12(9-13)10-16(20-15)14-7-8-19-11-17(14)21-4/h5-11,20H,1-4H3. The van der Waals surface area contributed by atoms with Crippen molar-refractivity contribution in [2.45, 2.75) is 26.2 Å². The third kappa shape index (κ3) is 2.51. The molecule has 108 valence electrons. The zero-order valence-electron chi connectivity index (χ0n) is 12.9. The summed E-state index contributed by atoms with van der Waals surface area (Å²) in [6.07, 6.45) is 3.52. The van der Waals surface area contributed by atoms with Gasteiger partial charge in [0.2, 0.25) is 0 Å². The highest BCUT2D eigenvalue weighted by molar-refractivity contribution is 5.87. The number of H-pyrrole nitrogens is 1. The maximum Gasteiger partial charge on any atom is 0.146 e. The van der Waals surface area contributed by atoms with Crippen molar-refractivity contribution >= 4 is 10.9 Å². The van der Waals surface area contributed by atoms with Crippen molar-refractivity contribution in [3.05, 3.63) is 48.3 Å². The molecule has 0 aliphatic heterocycles. The Balaban J connectivity index is 2.13. The van der Waals surface area contributed by atoms with Crippen LogP contribution in [0.15, 0.2) is 42.7 Å². The van der Waals surface area contributed by atoms with Gasteiger partial charge in [-0.25, -0.2) is 0 Å². The number of nitrogens with zero attached hydrogens (tertiary/aromatic N) is 1. The lowest BCUT2D eigenvalue weighted by Crippen LogP contribution is -2.10. The number of pyridine rings is 1. The number of benzene rings is 1. The van der Waals surface area contributed by atoms with E-state index in [1.807, 2.05) is 6.07 Å². The average molecular weight is 280 g/mol. The first kappa shape index (κ1) is 13.7. The monoisotopic (exact) mass is 280 g/mol. The van der Waals surface area contributed by atoms with Crippen molar-refractivity contribution in [2.24, 2.45) is 0 Å². The van der Waals surface area contributed by atoms with E-state index in [-0.39, 0.29) is 5.41 Å². The number of methoxy groups -OCH3 is 1. The van der Waals surface area contributed by atoms with Crippen molar-refractivity contribution in [3.8, 4) is 17.0 Å². The maximum absolute atomic E-state index is 5.39. The third-order valence-electron chi connectivity index (χ3n) is 3.78. The number of fused-ring (bicyclic) bond motifs is 1. The van der Waals surface area contributed by atoms with Gasteiger partial charge < -0.3 is 9.72 Å². The van der Waals surface area contributed by atoms with Gasteiger partial charge in [0.05, 0.1) is 19.0 Å². The minimum atomic E-state index is 0.153. The quantitative estimate of drug-likeness (QED) is 0.748. The smallest absolute Gasteiger partial charge is 0.146 e. The molecular formula is C18H20N2O. The molecule has 0 saturated heterocycles. The number of nitrogens with one attached hydrogen (secondary N) is 1. The summed E-state index contributed by atoms with van der Waals surface area (Å²) in [6.45, 7) is 6.69. The molecular weight excluding hydrogens is 260 g/mol. The Morgan fingerprint density at radius 3 is 2.62 bits per heavy atom. The molecule has 0 aliphatic rings. The number of rotatable bonds is 2. The summed E-state index contributed by atoms with van der Waals surface area (Å²) in [5, 5.41) is 1.22. The molecule has 0 fully saturated rings. The Morgan fingerprint density at radius 2 is 1.90 bits per heavy atom. The van der Waals surface area contributed by atoms with Gasteiger partial charge in [-0.05, 0) is 35.2 Å². The van der Waals surface area contributed by atoms with E-state index in [1.165, 1.54) is 10.9 Å². The van der Waals surface area contributed by atoms with Crippen molar-refractivity contribution in [3.63, 3.8) is 0 Å². The van der Waals surface area contributed by atoms with Gasteiger partial charge in [0.15, 0.2) is 0 Å². The maximum atomic E-state index is 5.39. The van der Waals surface area contributed by atoms with Crippen molar-refractivity contribution < 1.29 is 4.74 Å². The van der Waals surface area contributed by atoms with Crippen molar-refractivity contribution in [1.29, 1.82) is 0 Å². The van der Waals surface area contributed by atoms with E-state index in [0.717, 1.165) is 22.5 Å². The van der Waals surface area contributed by atoms with Gasteiger partial charge in [-0.15, -0.1) is 0 Å². The average Bonchev–Trinajstić information content (AvgIpc) is 2.89. The topological polar surface area (TPSA) is 37.9 Å². The van der Waals surface area contributed by atoms with Crippen molar-refractivity contribution in [2.75, 3.05) is 7.11 Å². The van der Waals surface area contributed by atoms with Gasteiger partial charge in [-0.2, -0.15) is 0 Å². The normalized spacial score (nSPS) is 11.8. The molecule has 0 radical (unpaired) electrons. The second-order valence-electron chi connectivity index (χ2n) is 6.31. The fraction of sp³-hybridized carbons (Fsp3) is 0.278. The van der Waals surface area contributed by atoms with E-state index in [1.54, 1.807) is 19.5 Å². The highest BCUT2D eigenvalue weighted by atomic mass is 16.5. The lowest BCUT2D eigenvalue weighted by molar-refractivity contribution is 0.414. The second kappa shape index (κ2) is 4.92. The molecule has 3 rings (SSSR count). The molecule has 2 aromatic heterocycles. The molecule has 1 N–H and O–H groups in total. The predicted octanol–water partition coefficient (Wildman–Crippen LogP) is 4.54. The first-order valence-electron chi connectivity index (χ1n) is 7.10. The Kier molecular flexibility index (Phi) is 3.20. The fourth-order valence-electron chi connectivity index (χ4n) is 2.51. The zero-order chi connectivity index (χ0) is 15.0. The minimum Gasteiger partial charge on any atom is -0.494 e. The van der Waals surface area contributed by atoms with Crippen LogP contribution in [0.1, 0.15) is 26.3 Å². The predicted molar refractivity (Wildman–Crippen MR) is 86.8 cm³/mol. The third-order valence-corrected chi connectivity index (χ3v) is 3.78. The largest absolute Gasteiger partial charge is 0.494 e. The van der Waals surface area contributed by atoms with Gasteiger partial charge >= 0.3 is 0 Å². The van der Waals surface area contributed by atoms with Crippen LogP contribution in [0.5, 0.6) is 5.75 Å². The van der Waals surface area contributed by atoms with Crippen LogP contribution in [-0.2, 0) is 5.41 Å². The summed E-state index contributed by atoms with van der Waals surface area (Å²) in [5.41, 5.74) is 4.70. The Morgan fingerprint density at radius 1 is 1.10 bits per heavy atom. The summed E-state index contributed by atoms with van der Waals surface area (Å²) in [5.74, 6) is 0.778. The van der Waals surface area contributed by atoms with Gasteiger partial charge in [0.1, 0.15) is 5.75 Å². The highest BCUT2D eigenvalue weighted by Crippen LogP contribution is 2.32. The summed E-state index contributed by atoms with van der Waals surface area (Å²) in [6, 6.07) is 10.7. The minimum absolute atomic E-state index is 0.153. The van der Waals surface area contributed by atoms with Gasteiger partial charge in [-0.1, -0.05) is 26.8 Å². The Hall–Kier alpha value is -2.29. The molecule has 3 aromatic rings. The molecule has 3 nitrogen and oxygen atoms in total. The molecule has 2 heterocycles. The molecule has 0 unspecified atom stereocenters. The van der Waals surface area contributed by atoms with E-state index < -0.39 is 0 Å². The zero-order valence-corrected chi connectivity index (χ0v) is 12.9. The van der Waals surface area contributed by atoms with Crippen LogP contribution in [0.2, 0.25) is 0 Å². The van der Waals surface area contributed by atoms with Crippen LogP contribution >= 0.6 is 0 Å². The summed E-state index contributed by atoms with van der Waals surface area (Å²) < 4.78 is 5.39. The first-order chi connectivity index (χ1) is 9.99. The van der Waals surface area contributed by atoms with Gasteiger partial charge in [0, 0.05) is 22.7 Å². The molecule has 0 atom stereocenters. The molecule has 1 aromatic carbocycles. The summed E-state index contributed by atoms with van der Waals surface area (Å²) >= 11 is 0. The van der Waals surface area contributed by atoms with E-state index >= 15 is 0 Å². The molecule has 21 heavy (non-hydrogen) atoms. The fourth-order valence-corrected chi connectivity index (χ4v) is 2.51. The molecule has 0 amide bonds. The number of hydrogen-bond donors (Lipinski definition) is 1. The molecule has 3 heteroatoms. The van der Waals surface area contributed by atoms with E-state index in [4.69, 9.17) is 4.74 Å². The van der Waals surface area contributed by atoms with Crippen LogP contribution in [0.25, 0.3) is 22.2 Å². The van der Waals surface area contributed by atoms with Crippen LogP contribution in [0.3, 0.4) is 0 Å². The van der Waals surface area contributed by atoms with E-state index in [0.29, 0.717) is 0 Å². The van der Waals surface area contributed by atoms with Gasteiger partial charge in [0.25, 0.3) is 0 Å². The summed E-state index contributed by atoms with van der Waals surface area (Å²) in [7, 11) is 1.67. The first-order valence-corrected chi connectivity index (χ1v) is 7.10. The molecule has 0 spiro atoms. The lowest BCUT2D eigenvalue weighted by atomic mass is 9.86. The van der Waals surface area contributed by atoms with Gasteiger partial charge in [-0.3, -0.25) is 4.98 Å². The SMILES string of the molecule is COc1cnccc1-c1cc2cc(C(C)(C)C)ccc2[nH]1.